The first-order chi connectivity index (χ1) is 7.65. The van der Waals surface area contributed by atoms with Crippen molar-refractivity contribution in [1.29, 1.82) is 0 Å². The molecule has 80 valence electrons. The molecule has 0 atom stereocenters. The van der Waals surface area contributed by atoms with Gasteiger partial charge in [0.2, 0.25) is 5.28 Å². The van der Waals surface area contributed by atoms with Crippen molar-refractivity contribution >= 4 is 70.8 Å². The summed E-state index contributed by atoms with van der Waals surface area (Å²) in [6, 6.07) is 6.02. The number of halogens is 3. The highest BCUT2D eigenvalue weighted by Gasteiger charge is 2.12. The van der Waals surface area contributed by atoms with Crippen LogP contribution in [0, 0.1) is 0 Å². The number of hydrogen-bond donors (Lipinski definition) is 0. The smallest absolute Gasteiger partial charge is 0.216 e. The van der Waals surface area contributed by atoms with Crippen LogP contribution in [-0.2, 0) is 0 Å². The molecular formula is C10H3BrCl2N2S. The molecule has 6 heteroatoms. The van der Waals surface area contributed by atoms with Gasteiger partial charge in [-0.1, -0.05) is 27.5 Å². The van der Waals surface area contributed by atoms with Crippen molar-refractivity contribution in [3.05, 3.63) is 33.1 Å². The molecule has 0 saturated heterocycles. The lowest BCUT2D eigenvalue weighted by Crippen LogP contribution is -1.82. The van der Waals surface area contributed by atoms with Crippen LogP contribution in [0.2, 0.25) is 10.4 Å². The van der Waals surface area contributed by atoms with Crippen LogP contribution in [0.5, 0.6) is 0 Å². The molecule has 0 fully saturated rings. The second kappa shape index (κ2) is 3.81. The van der Waals surface area contributed by atoms with E-state index >= 15 is 0 Å². The van der Waals surface area contributed by atoms with E-state index in [1.807, 2.05) is 18.2 Å². The van der Waals surface area contributed by atoms with E-state index in [0.29, 0.717) is 5.15 Å². The molecule has 0 aliphatic rings. The third-order valence-electron chi connectivity index (χ3n) is 2.21. The zero-order valence-electron chi connectivity index (χ0n) is 7.67. The van der Waals surface area contributed by atoms with Crippen LogP contribution in [0.25, 0.3) is 20.3 Å². The number of thiophene rings is 1. The normalized spacial score (nSPS) is 11.4. The first-order valence-electron chi connectivity index (χ1n) is 4.36. The molecule has 0 amide bonds. The number of nitrogens with zero attached hydrogens (tertiary/aromatic N) is 2. The zero-order chi connectivity index (χ0) is 11.3. The SMILES string of the molecule is Clc1nc(Cl)c2sc3ccc(Br)cc3c2n1. The molecule has 0 N–H and O–H groups in total. The molecule has 16 heavy (non-hydrogen) atoms. The minimum absolute atomic E-state index is 0.178. The molecule has 0 saturated carbocycles. The zero-order valence-corrected chi connectivity index (χ0v) is 11.6. The average Bonchev–Trinajstić information content (AvgIpc) is 2.57. The quantitative estimate of drug-likeness (QED) is 0.431. The molecule has 0 bridgehead atoms. The summed E-state index contributed by atoms with van der Waals surface area (Å²) in [6.07, 6.45) is 0. The van der Waals surface area contributed by atoms with Crippen LogP contribution in [0.15, 0.2) is 22.7 Å². The van der Waals surface area contributed by atoms with Crippen molar-refractivity contribution < 1.29 is 0 Å². The van der Waals surface area contributed by atoms with Crippen molar-refractivity contribution in [2.24, 2.45) is 0 Å². The Morgan fingerprint density at radius 1 is 1.19 bits per heavy atom. The van der Waals surface area contributed by atoms with Crippen LogP contribution in [0.1, 0.15) is 0 Å². The van der Waals surface area contributed by atoms with Gasteiger partial charge in [0.25, 0.3) is 0 Å². The van der Waals surface area contributed by atoms with E-state index in [1.54, 1.807) is 11.3 Å². The van der Waals surface area contributed by atoms with Gasteiger partial charge in [-0.3, -0.25) is 0 Å². The van der Waals surface area contributed by atoms with Gasteiger partial charge in [0.15, 0.2) is 5.15 Å². The number of benzene rings is 1. The number of rotatable bonds is 0. The maximum absolute atomic E-state index is 6.04. The van der Waals surface area contributed by atoms with Crippen LogP contribution in [-0.4, -0.2) is 9.97 Å². The van der Waals surface area contributed by atoms with Gasteiger partial charge in [0.1, 0.15) is 0 Å². The monoisotopic (exact) mass is 332 g/mol. The number of aromatic nitrogens is 2. The molecular weight excluding hydrogens is 331 g/mol. The molecule has 2 heterocycles. The predicted octanol–water partition coefficient (Wildman–Crippen LogP) is 4.91. The van der Waals surface area contributed by atoms with Crippen LogP contribution in [0.3, 0.4) is 0 Å². The number of hydrogen-bond acceptors (Lipinski definition) is 3. The molecule has 2 nitrogen and oxygen atoms in total. The van der Waals surface area contributed by atoms with Crippen molar-refractivity contribution in [3.63, 3.8) is 0 Å². The Morgan fingerprint density at radius 2 is 2.00 bits per heavy atom. The van der Waals surface area contributed by atoms with Gasteiger partial charge in [-0.15, -0.1) is 11.3 Å². The standard InChI is InChI=1S/C10H3BrCl2N2S/c11-4-1-2-6-5(3-4)7-8(16-6)9(12)15-10(13)14-7/h1-3H. The van der Waals surface area contributed by atoms with E-state index in [1.165, 1.54) is 0 Å². The highest BCUT2D eigenvalue weighted by atomic mass is 79.9. The first-order valence-corrected chi connectivity index (χ1v) is 6.72. The second-order valence-corrected chi connectivity index (χ2v) is 5.87. The lowest BCUT2D eigenvalue weighted by atomic mass is 10.2. The van der Waals surface area contributed by atoms with Crippen molar-refractivity contribution in [1.82, 2.24) is 9.97 Å². The maximum atomic E-state index is 6.04. The predicted molar refractivity (Wildman–Crippen MR) is 72.6 cm³/mol. The Hall–Kier alpha value is -0.420. The van der Waals surface area contributed by atoms with Gasteiger partial charge in [-0.05, 0) is 29.8 Å². The van der Waals surface area contributed by atoms with Crippen LogP contribution >= 0.6 is 50.5 Å². The summed E-state index contributed by atoms with van der Waals surface area (Å²) in [4.78, 5) is 8.16. The molecule has 3 aromatic rings. The fourth-order valence-corrected chi connectivity index (χ4v) is 3.42. The van der Waals surface area contributed by atoms with Gasteiger partial charge in [-0.25, -0.2) is 9.97 Å². The van der Waals surface area contributed by atoms with E-state index in [0.717, 1.165) is 24.8 Å². The van der Waals surface area contributed by atoms with Crippen LogP contribution < -0.4 is 0 Å². The summed E-state index contributed by atoms with van der Waals surface area (Å²) < 4.78 is 3.00. The van der Waals surface area contributed by atoms with Gasteiger partial charge in [0, 0.05) is 14.6 Å². The fraction of sp³-hybridized carbons (Fsp3) is 0. The first kappa shape index (κ1) is 10.7. The maximum Gasteiger partial charge on any atom is 0.224 e. The lowest BCUT2D eigenvalue weighted by molar-refractivity contribution is 1.23. The van der Waals surface area contributed by atoms with Gasteiger partial charge < -0.3 is 0 Å². The topological polar surface area (TPSA) is 25.8 Å². The lowest BCUT2D eigenvalue weighted by Gasteiger charge is -1.94. The van der Waals surface area contributed by atoms with Crippen molar-refractivity contribution in [2.45, 2.75) is 0 Å². The average molecular weight is 334 g/mol. The summed E-state index contributed by atoms with van der Waals surface area (Å²) >= 11 is 16.8. The van der Waals surface area contributed by atoms with Gasteiger partial charge >= 0.3 is 0 Å². The molecule has 3 rings (SSSR count). The van der Waals surface area contributed by atoms with E-state index in [9.17, 15) is 0 Å². The highest BCUT2D eigenvalue weighted by Crippen LogP contribution is 2.37. The largest absolute Gasteiger partial charge is 0.224 e. The summed E-state index contributed by atoms with van der Waals surface area (Å²) in [6.45, 7) is 0. The summed E-state index contributed by atoms with van der Waals surface area (Å²) in [7, 11) is 0. The molecule has 0 aliphatic heterocycles. The second-order valence-electron chi connectivity index (χ2n) is 3.20. The van der Waals surface area contributed by atoms with Crippen molar-refractivity contribution in [2.75, 3.05) is 0 Å². The Kier molecular flexibility index (Phi) is 2.55. The Bertz CT molecular complexity index is 711. The van der Waals surface area contributed by atoms with E-state index in [-0.39, 0.29) is 5.28 Å². The van der Waals surface area contributed by atoms with Gasteiger partial charge in [0.05, 0.1) is 10.2 Å². The van der Waals surface area contributed by atoms with Crippen LogP contribution in [0.4, 0.5) is 0 Å². The molecule has 0 radical (unpaired) electrons. The third-order valence-corrected chi connectivity index (χ3v) is 4.42. The Morgan fingerprint density at radius 3 is 2.81 bits per heavy atom. The molecule has 0 unspecified atom stereocenters. The highest BCUT2D eigenvalue weighted by molar-refractivity contribution is 9.10. The molecule has 2 aromatic heterocycles. The minimum Gasteiger partial charge on any atom is -0.216 e. The summed E-state index contributed by atoms with van der Waals surface area (Å²) in [5, 5.41) is 1.63. The Balaban J connectivity index is 2.57. The summed E-state index contributed by atoms with van der Waals surface area (Å²) in [5.41, 5.74) is 0.811. The minimum atomic E-state index is 0.178. The molecule has 0 spiro atoms. The van der Waals surface area contributed by atoms with Crippen molar-refractivity contribution in [3.8, 4) is 0 Å². The molecule has 1 aromatic carbocycles. The Labute approximate surface area is 113 Å². The third kappa shape index (κ3) is 1.61. The van der Waals surface area contributed by atoms with E-state index in [2.05, 4.69) is 25.9 Å². The van der Waals surface area contributed by atoms with Gasteiger partial charge in [-0.2, -0.15) is 0 Å². The fourth-order valence-electron chi connectivity index (χ4n) is 1.56. The summed E-state index contributed by atoms with van der Waals surface area (Å²) in [5.74, 6) is 0. The van der Waals surface area contributed by atoms with E-state index < -0.39 is 0 Å². The van der Waals surface area contributed by atoms with E-state index in [4.69, 9.17) is 23.2 Å². The number of fused-ring (bicyclic) bond motifs is 3. The molecule has 0 aliphatic carbocycles.